The lowest BCUT2D eigenvalue weighted by molar-refractivity contribution is -0.215. The number of aliphatic hydroxyl groups excluding tert-OH is 1. The third-order valence-electron chi connectivity index (χ3n) is 6.69. The van der Waals surface area contributed by atoms with E-state index in [0.29, 0.717) is 13.0 Å². The van der Waals surface area contributed by atoms with E-state index in [1.54, 1.807) is 0 Å². The van der Waals surface area contributed by atoms with Gasteiger partial charge in [-0.25, -0.2) is 4.79 Å². The van der Waals surface area contributed by atoms with Crippen LogP contribution in [0.5, 0.6) is 0 Å². The first-order valence-corrected chi connectivity index (χ1v) is 15.1. The van der Waals surface area contributed by atoms with Crippen LogP contribution in [0.25, 0.3) is 6.08 Å². The molecule has 0 aliphatic carbocycles. The molecule has 1 unspecified atom stereocenters. The number of rotatable bonds is 7. The Morgan fingerprint density at radius 2 is 2.06 bits per heavy atom. The van der Waals surface area contributed by atoms with Gasteiger partial charge in [-0.1, -0.05) is 36.7 Å². The zero-order valence-corrected chi connectivity index (χ0v) is 22.5. The van der Waals surface area contributed by atoms with Crippen molar-refractivity contribution in [3.05, 3.63) is 37.6 Å². The van der Waals surface area contributed by atoms with E-state index in [1.807, 2.05) is 0 Å². The van der Waals surface area contributed by atoms with Crippen molar-refractivity contribution in [2.75, 3.05) is 13.2 Å². The second-order valence-corrected chi connectivity index (χ2v) is 15.4. The number of ether oxygens (including phenoxy) is 3. The van der Waals surface area contributed by atoms with E-state index in [9.17, 15) is 14.7 Å². The van der Waals surface area contributed by atoms with E-state index < -0.39 is 50.4 Å². The van der Waals surface area contributed by atoms with Crippen LogP contribution < -0.4 is 11.2 Å². The van der Waals surface area contributed by atoms with Gasteiger partial charge in [0.2, 0.25) is 0 Å². The number of aromatic nitrogens is 2. The molecule has 2 saturated heterocycles. The molecule has 0 amide bonds. The average Bonchev–Trinajstić information content (AvgIpc) is 3.04. The number of hydrogen-bond donors (Lipinski definition) is 2. The number of H-pyrrole nitrogens is 1. The predicted octanol–water partition coefficient (Wildman–Crippen LogP) is 3.09. The summed E-state index contributed by atoms with van der Waals surface area (Å²) in [6, 6.07) is 0. The fourth-order valence-electron chi connectivity index (χ4n) is 3.60. The van der Waals surface area contributed by atoms with Gasteiger partial charge in [0.1, 0.15) is 18.3 Å². The number of nitrogens with one attached hydrogen (secondary N) is 1. The molecule has 9 nitrogen and oxygen atoms in total. The minimum atomic E-state index is -2.09. The molecule has 11 heteroatoms. The van der Waals surface area contributed by atoms with Crippen molar-refractivity contribution in [2.45, 2.75) is 89.0 Å². The molecule has 0 radical (unpaired) electrons. The first-order valence-electron chi connectivity index (χ1n) is 11.3. The van der Waals surface area contributed by atoms with Crippen molar-refractivity contribution in [3.8, 4) is 0 Å². The van der Waals surface area contributed by atoms with Crippen LogP contribution in [0.1, 0.15) is 51.8 Å². The fraction of sp³-hybridized carbons (Fsp3) is 0.727. The first kappa shape index (κ1) is 26.5. The summed E-state index contributed by atoms with van der Waals surface area (Å²) < 4.78 is 25.5. The van der Waals surface area contributed by atoms with Gasteiger partial charge in [0, 0.05) is 12.8 Å². The van der Waals surface area contributed by atoms with Crippen LogP contribution in [-0.2, 0) is 18.6 Å². The molecule has 0 aromatic carbocycles. The Bertz CT molecular complexity index is 949. The zero-order valence-electron chi connectivity index (χ0n) is 19.9. The highest BCUT2D eigenvalue weighted by Crippen LogP contribution is 2.38. The molecule has 2 aliphatic heterocycles. The van der Waals surface area contributed by atoms with Crippen molar-refractivity contribution < 1.29 is 23.7 Å². The topological polar surface area (TPSA) is 112 Å². The van der Waals surface area contributed by atoms with Crippen molar-refractivity contribution in [2.24, 2.45) is 0 Å². The van der Waals surface area contributed by atoms with Crippen LogP contribution in [0, 0.1) is 0 Å². The summed E-state index contributed by atoms with van der Waals surface area (Å²) in [6.07, 6.45) is 1.47. The molecule has 5 atom stereocenters. The third-order valence-corrected chi connectivity index (χ3v) is 11.5. The molecule has 0 bridgehead atoms. The van der Waals surface area contributed by atoms with E-state index in [1.165, 1.54) is 21.8 Å². The van der Waals surface area contributed by atoms with Crippen LogP contribution in [-0.4, -0.2) is 60.8 Å². The summed E-state index contributed by atoms with van der Waals surface area (Å²) in [7, 11) is -2.09. The highest BCUT2D eigenvalue weighted by Gasteiger charge is 2.48. The highest BCUT2D eigenvalue weighted by atomic mass is 79.9. The fourth-order valence-corrected chi connectivity index (χ4v) is 4.90. The largest absolute Gasteiger partial charge is 0.414 e. The number of aliphatic hydroxyl groups is 1. The van der Waals surface area contributed by atoms with Gasteiger partial charge in [0.15, 0.2) is 20.8 Å². The highest BCUT2D eigenvalue weighted by molar-refractivity contribution is 9.11. The van der Waals surface area contributed by atoms with Crippen molar-refractivity contribution in [3.63, 3.8) is 0 Å². The van der Waals surface area contributed by atoms with Gasteiger partial charge < -0.3 is 23.7 Å². The van der Waals surface area contributed by atoms with E-state index in [0.717, 1.165) is 12.8 Å². The van der Waals surface area contributed by atoms with Crippen LogP contribution in [0.3, 0.4) is 0 Å². The Morgan fingerprint density at radius 1 is 1.33 bits per heavy atom. The SMILES string of the molecule is CC(C)(C)[Si](C)(C)OC[C@H]1O[C@@H](n2cc(C=CBr)c(=O)[nH]c2=O)[C@@H](OC2CCCCO2)[C@@H]1O. The molecule has 2 N–H and O–H groups in total. The molecule has 186 valence electrons. The minimum Gasteiger partial charge on any atom is -0.414 e. The maximum absolute atomic E-state index is 12.7. The Balaban J connectivity index is 1.90. The molecule has 3 rings (SSSR count). The van der Waals surface area contributed by atoms with Crippen LogP contribution in [0.2, 0.25) is 18.1 Å². The molecular formula is C22H35BrN2O7Si. The average molecular weight is 548 g/mol. The minimum absolute atomic E-state index is 0.00539. The zero-order chi connectivity index (χ0) is 24.4. The van der Waals surface area contributed by atoms with Gasteiger partial charge in [-0.05, 0) is 48.5 Å². The Labute approximate surface area is 203 Å². The van der Waals surface area contributed by atoms with E-state index >= 15 is 0 Å². The number of nitrogens with zero attached hydrogens (tertiary/aromatic N) is 1. The Kier molecular flexibility index (Phi) is 8.58. The lowest BCUT2D eigenvalue weighted by atomic mass is 10.1. The quantitative estimate of drug-likeness (QED) is 0.505. The van der Waals surface area contributed by atoms with Gasteiger partial charge >= 0.3 is 5.69 Å². The van der Waals surface area contributed by atoms with Crippen molar-refractivity contribution in [1.29, 1.82) is 0 Å². The van der Waals surface area contributed by atoms with Gasteiger partial charge in [0.05, 0.1) is 12.2 Å². The third kappa shape index (κ3) is 6.13. The van der Waals surface area contributed by atoms with Gasteiger partial charge in [-0.15, -0.1) is 0 Å². The Morgan fingerprint density at radius 3 is 2.67 bits per heavy atom. The molecule has 3 heterocycles. The second-order valence-electron chi connectivity index (χ2n) is 10.1. The van der Waals surface area contributed by atoms with Crippen LogP contribution in [0.15, 0.2) is 20.8 Å². The summed E-state index contributed by atoms with van der Waals surface area (Å²) in [5.74, 6) is 0. The number of halogens is 1. The molecule has 0 saturated carbocycles. The van der Waals surface area contributed by atoms with E-state index in [2.05, 4.69) is 54.8 Å². The van der Waals surface area contributed by atoms with E-state index in [4.69, 9.17) is 18.6 Å². The standard InChI is InChI=1S/C22H35BrN2O7Si/c1-22(2,3)33(4,5)30-13-15-17(26)18(32-16-8-6-7-11-29-16)20(31-15)25-12-14(9-10-23)19(27)24-21(25)28/h9-10,12,15-18,20,26H,6-8,11,13H2,1-5H3,(H,24,27,28)/t15-,16?,17-,18+,20-/m1/s1. The molecule has 2 aliphatic rings. The first-order chi connectivity index (χ1) is 15.4. The summed E-state index contributed by atoms with van der Waals surface area (Å²) >= 11 is 3.15. The van der Waals surface area contributed by atoms with Crippen molar-refractivity contribution >= 4 is 30.3 Å². The molecule has 33 heavy (non-hydrogen) atoms. The molecule has 1 aromatic rings. The van der Waals surface area contributed by atoms with Gasteiger partial charge in [-0.3, -0.25) is 14.3 Å². The monoisotopic (exact) mass is 546 g/mol. The Hall–Kier alpha value is -1.08. The smallest absolute Gasteiger partial charge is 0.330 e. The molecule has 0 spiro atoms. The number of aromatic amines is 1. The second kappa shape index (κ2) is 10.7. The van der Waals surface area contributed by atoms with Crippen molar-refractivity contribution in [1.82, 2.24) is 9.55 Å². The van der Waals surface area contributed by atoms with Crippen LogP contribution in [0.4, 0.5) is 0 Å². The summed E-state index contributed by atoms with van der Waals surface area (Å²) in [6.45, 7) is 11.4. The van der Waals surface area contributed by atoms with E-state index in [-0.39, 0.29) is 17.2 Å². The summed E-state index contributed by atoms with van der Waals surface area (Å²) in [5, 5.41) is 11.1. The maximum atomic E-state index is 12.7. The predicted molar refractivity (Wildman–Crippen MR) is 131 cm³/mol. The maximum Gasteiger partial charge on any atom is 0.330 e. The lowest BCUT2D eigenvalue weighted by Crippen LogP contribution is -2.45. The molecule has 2 fully saturated rings. The molecular weight excluding hydrogens is 512 g/mol. The normalized spacial score (nSPS) is 29.1. The van der Waals surface area contributed by atoms with Crippen LogP contribution >= 0.6 is 15.9 Å². The van der Waals surface area contributed by atoms with Gasteiger partial charge in [0.25, 0.3) is 5.56 Å². The van der Waals surface area contributed by atoms with Gasteiger partial charge in [-0.2, -0.15) is 0 Å². The number of hydrogen-bond acceptors (Lipinski definition) is 7. The lowest BCUT2D eigenvalue weighted by Gasteiger charge is -2.37. The summed E-state index contributed by atoms with van der Waals surface area (Å²) in [5.41, 5.74) is -0.900. The summed E-state index contributed by atoms with van der Waals surface area (Å²) in [4.78, 5) is 28.6. The molecule has 1 aromatic heterocycles.